The fourth-order valence-corrected chi connectivity index (χ4v) is 4.15. The maximum absolute atomic E-state index is 14.9. The predicted octanol–water partition coefficient (Wildman–Crippen LogP) is 5.52. The van der Waals surface area contributed by atoms with E-state index in [1.165, 1.54) is 30.5 Å². The normalized spacial score (nSPS) is 17.6. The Kier molecular flexibility index (Phi) is 7.37. The molecule has 4 rings (SSSR count). The largest absolute Gasteiger partial charge is 0.443 e. The number of anilines is 2. The average molecular weight is 501 g/mol. The summed E-state index contributed by atoms with van der Waals surface area (Å²) in [6, 6.07) is 9.74. The third-order valence-corrected chi connectivity index (χ3v) is 6.14. The Labute approximate surface area is 207 Å². The second kappa shape index (κ2) is 10.5. The monoisotopic (exact) mass is 500 g/mol. The molecule has 1 aromatic heterocycles. The molecule has 0 radical (unpaired) electrons. The van der Waals surface area contributed by atoms with Crippen LogP contribution in [-0.4, -0.2) is 47.6 Å². The van der Waals surface area contributed by atoms with Gasteiger partial charge in [0.1, 0.15) is 11.9 Å². The molecular weight excluding hydrogens is 475 g/mol. The number of carbonyl (C=O) groups is 2. The minimum absolute atomic E-state index is 0.00304. The van der Waals surface area contributed by atoms with Crippen molar-refractivity contribution < 1.29 is 23.1 Å². The number of hydrogen-bond acceptors (Lipinski definition) is 5. The number of likely N-dealkylation sites (tertiary alicyclic amines) is 1. The van der Waals surface area contributed by atoms with Crippen molar-refractivity contribution in [1.29, 1.82) is 0 Å². The zero-order chi connectivity index (χ0) is 25.1. The first-order chi connectivity index (χ1) is 16.8. The van der Waals surface area contributed by atoms with Crippen LogP contribution in [0.5, 0.6) is 0 Å². The van der Waals surface area contributed by atoms with Crippen molar-refractivity contribution in [3.63, 3.8) is 0 Å². The third kappa shape index (κ3) is 5.47. The van der Waals surface area contributed by atoms with Crippen LogP contribution in [0.25, 0.3) is 11.3 Å². The van der Waals surface area contributed by atoms with Gasteiger partial charge in [-0.1, -0.05) is 25.4 Å². The lowest BCUT2D eigenvalue weighted by Gasteiger charge is -2.24. The van der Waals surface area contributed by atoms with Gasteiger partial charge in [-0.15, -0.1) is 0 Å². The van der Waals surface area contributed by atoms with Gasteiger partial charge < -0.3 is 24.7 Å². The first-order valence-electron chi connectivity index (χ1n) is 11.2. The molecule has 0 unspecified atom stereocenters. The number of methoxy groups -OCH3 is 1. The summed E-state index contributed by atoms with van der Waals surface area (Å²) in [5.74, 6) is -0.543. The molecule has 35 heavy (non-hydrogen) atoms. The molecule has 0 aliphatic carbocycles. The lowest BCUT2D eigenvalue weighted by atomic mass is 10.0. The molecule has 0 spiro atoms. The van der Waals surface area contributed by atoms with Crippen LogP contribution < -0.4 is 10.6 Å². The van der Waals surface area contributed by atoms with Gasteiger partial charge in [-0.25, -0.2) is 14.2 Å². The minimum atomic E-state index is -0.840. The van der Waals surface area contributed by atoms with Crippen molar-refractivity contribution in [3.8, 4) is 11.3 Å². The van der Waals surface area contributed by atoms with Crippen LogP contribution >= 0.6 is 11.6 Å². The quantitative estimate of drug-likeness (QED) is 0.464. The Morgan fingerprint density at radius 1 is 1.20 bits per heavy atom. The van der Waals surface area contributed by atoms with E-state index in [-0.39, 0.29) is 30.7 Å². The molecule has 184 valence electrons. The summed E-state index contributed by atoms with van der Waals surface area (Å²) in [4.78, 5) is 31.6. The van der Waals surface area contributed by atoms with E-state index in [0.29, 0.717) is 22.0 Å². The van der Waals surface area contributed by atoms with Crippen molar-refractivity contribution in [1.82, 2.24) is 9.88 Å². The van der Waals surface area contributed by atoms with Crippen LogP contribution in [0.4, 0.5) is 20.6 Å². The fraction of sp³-hybridized carbons (Fsp3) is 0.320. The van der Waals surface area contributed by atoms with Gasteiger partial charge in [0.15, 0.2) is 12.2 Å². The number of halogens is 2. The maximum atomic E-state index is 14.9. The number of aromatic nitrogens is 1. The smallest absolute Gasteiger partial charge is 0.322 e. The van der Waals surface area contributed by atoms with Crippen LogP contribution in [0.3, 0.4) is 0 Å². The summed E-state index contributed by atoms with van der Waals surface area (Å²) in [7, 11) is 1.52. The maximum Gasteiger partial charge on any atom is 0.322 e. The van der Waals surface area contributed by atoms with Crippen LogP contribution in [0.2, 0.25) is 5.02 Å². The first kappa shape index (κ1) is 24.7. The summed E-state index contributed by atoms with van der Waals surface area (Å²) in [6.45, 7) is 4.16. The Bertz CT molecular complexity index is 1210. The van der Waals surface area contributed by atoms with Gasteiger partial charge in [-0.05, 0) is 48.4 Å². The Morgan fingerprint density at radius 2 is 1.94 bits per heavy atom. The molecule has 2 N–H and O–H groups in total. The predicted molar refractivity (Wildman–Crippen MR) is 131 cm³/mol. The van der Waals surface area contributed by atoms with E-state index >= 15 is 0 Å². The van der Waals surface area contributed by atoms with Crippen molar-refractivity contribution in [3.05, 3.63) is 65.4 Å². The number of benzene rings is 2. The van der Waals surface area contributed by atoms with Gasteiger partial charge in [-0.3, -0.25) is 4.79 Å². The molecule has 2 atom stereocenters. The number of oxazole rings is 1. The second-order valence-electron chi connectivity index (χ2n) is 8.60. The van der Waals surface area contributed by atoms with Crippen LogP contribution in [0, 0.1) is 5.82 Å². The van der Waals surface area contributed by atoms with Crippen LogP contribution in [-0.2, 0) is 9.53 Å². The number of hydrogen-bond donors (Lipinski definition) is 2. The SMILES string of the molecule is CO[C@@H]1C[C@H](C(=O)Nc2ccc(-c3ocnc3C(C)C)cc2F)N(C(=O)Nc2ccc(Cl)cc2)C1. The highest BCUT2D eigenvalue weighted by atomic mass is 35.5. The van der Waals surface area contributed by atoms with Gasteiger partial charge in [0.25, 0.3) is 0 Å². The molecule has 2 heterocycles. The molecule has 0 saturated carbocycles. The standard InChI is InChI=1S/C25H26ClFN4O4/c1-14(2)22-23(35-13-28-22)15-4-9-20(19(27)10-15)30-24(32)21-11-18(34-3)12-31(21)25(33)29-17-7-5-16(26)6-8-17/h4-10,13-14,18,21H,11-12H2,1-3H3,(H,29,33)(H,30,32)/t18-,21-/m1/s1. The number of rotatable bonds is 6. The number of carbonyl (C=O) groups excluding carboxylic acids is 2. The highest BCUT2D eigenvalue weighted by molar-refractivity contribution is 6.30. The van der Waals surface area contributed by atoms with E-state index in [1.54, 1.807) is 30.3 Å². The fourth-order valence-electron chi connectivity index (χ4n) is 4.03. The average Bonchev–Trinajstić information content (AvgIpc) is 3.49. The molecule has 1 saturated heterocycles. The van der Waals surface area contributed by atoms with Gasteiger partial charge in [0.05, 0.1) is 17.5 Å². The van der Waals surface area contributed by atoms with Crippen molar-refractivity contribution in [2.75, 3.05) is 24.3 Å². The number of ether oxygens (including phenoxy) is 1. The van der Waals surface area contributed by atoms with E-state index in [4.69, 9.17) is 20.8 Å². The third-order valence-electron chi connectivity index (χ3n) is 5.89. The number of urea groups is 1. The molecule has 1 aliphatic heterocycles. The molecule has 2 aromatic carbocycles. The molecule has 0 bridgehead atoms. The second-order valence-corrected chi connectivity index (χ2v) is 9.04. The van der Waals surface area contributed by atoms with Crippen LogP contribution in [0.1, 0.15) is 31.9 Å². The Balaban J connectivity index is 1.49. The molecule has 8 nitrogen and oxygen atoms in total. The Hall–Kier alpha value is -3.43. The highest BCUT2D eigenvalue weighted by Crippen LogP contribution is 2.31. The molecule has 3 aromatic rings. The van der Waals surface area contributed by atoms with E-state index < -0.39 is 23.8 Å². The number of nitrogens with one attached hydrogen (secondary N) is 2. The molecule has 1 aliphatic rings. The van der Waals surface area contributed by atoms with Crippen molar-refractivity contribution in [2.24, 2.45) is 0 Å². The van der Waals surface area contributed by atoms with E-state index in [1.807, 2.05) is 13.8 Å². The molecule has 3 amide bonds. The molecule has 10 heteroatoms. The zero-order valence-corrected chi connectivity index (χ0v) is 20.3. The van der Waals surface area contributed by atoms with Crippen molar-refractivity contribution >= 4 is 34.9 Å². The van der Waals surface area contributed by atoms with Crippen LogP contribution in [0.15, 0.2) is 53.3 Å². The summed E-state index contributed by atoms with van der Waals surface area (Å²) in [5.41, 5.74) is 1.78. The van der Waals surface area contributed by atoms with Gasteiger partial charge in [0.2, 0.25) is 5.91 Å². The Morgan fingerprint density at radius 3 is 2.60 bits per heavy atom. The number of amides is 3. The summed E-state index contributed by atoms with van der Waals surface area (Å²) in [5, 5.41) is 5.90. The minimum Gasteiger partial charge on any atom is -0.443 e. The lowest BCUT2D eigenvalue weighted by Crippen LogP contribution is -2.45. The molecular formula is C25H26ClFN4O4. The van der Waals surface area contributed by atoms with Gasteiger partial charge in [-0.2, -0.15) is 0 Å². The summed E-state index contributed by atoms with van der Waals surface area (Å²) >= 11 is 5.90. The molecule has 1 fully saturated rings. The van der Waals surface area contributed by atoms with Gasteiger partial charge >= 0.3 is 6.03 Å². The lowest BCUT2D eigenvalue weighted by molar-refractivity contribution is -0.119. The van der Waals surface area contributed by atoms with E-state index in [0.717, 1.165) is 5.69 Å². The number of nitrogens with zero attached hydrogens (tertiary/aromatic N) is 2. The highest BCUT2D eigenvalue weighted by Gasteiger charge is 2.40. The van der Waals surface area contributed by atoms with Crippen molar-refractivity contribution in [2.45, 2.75) is 38.3 Å². The summed E-state index contributed by atoms with van der Waals surface area (Å²) < 4.78 is 25.8. The van der Waals surface area contributed by atoms with Gasteiger partial charge in [0, 0.05) is 36.3 Å². The summed E-state index contributed by atoms with van der Waals surface area (Å²) in [6.07, 6.45) is 1.29. The topological polar surface area (TPSA) is 96.7 Å². The zero-order valence-electron chi connectivity index (χ0n) is 19.5. The first-order valence-corrected chi connectivity index (χ1v) is 11.5. The van der Waals surface area contributed by atoms with E-state index in [2.05, 4.69) is 15.6 Å². The van der Waals surface area contributed by atoms with E-state index in [9.17, 15) is 14.0 Å².